The number of hydrogen-bond donors (Lipinski definition) is 5. The second kappa shape index (κ2) is 49.5. The van der Waals surface area contributed by atoms with Crippen LogP contribution in [0.5, 0.6) is 0 Å². The molecule has 1 aliphatic rings. The highest BCUT2D eigenvalue weighted by molar-refractivity contribution is 6.03. The molecule has 4 atom stereocenters. The highest BCUT2D eigenvalue weighted by Gasteiger charge is 2.39. The van der Waals surface area contributed by atoms with E-state index in [9.17, 15) is 33.6 Å². The van der Waals surface area contributed by atoms with Gasteiger partial charge in [0.25, 0.3) is 0 Å². The van der Waals surface area contributed by atoms with Crippen LogP contribution in [0.25, 0.3) is 0 Å². The Morgan fingerprint density at radius 3 is 1.40 bits per heavy atom. The first-order valence-electron chi connectivity index (χ1n) is 31.8. The van der Waals surface area contributed by atoms with E-state index in [2.05, 4.69) is 42.0 Å². The lowest BCUT2D eigenvalue weighted by Crippen LogP contribution is -2.55. The molecule has 1 rings (SSSR count). The van der Waals surface area contributed by atoms with Gasteiger partial charge in [0.1, 0.15) is 12.1 Å². The summed E-state index contributed by atoms with van der Waals surface area (Å²) in [4.78, 5) is 93.6. The average molecular weight is 1090 g/mol. The summed E-state index contributed by atoms with van der Waals surface area (Å²) in [5, 5.41) is 12.3. The first kappa shape index (κ1) is 71.4. The molecule has 448 valence electrons. The van der Waals surface area contributed by atoms with Crippen molar-refractivity contribution in [2.24, 2.45) is 17.6 Å². The number of nitrogens with one attached hydrogen (secondary N) is 4. The summed E-state index contributed by atoms with van der Waals surface area (Å²) < 4.78 is 11.0. The summed E-state index contributed by atoms with van der Waals surface area (Å²) >= 11 is 0. The number of nitrogens with zero attached hydrogens (tertiary/aromatic N) is 1. The maximum absolute atomic E-state index is 14.5. The second-order valence-electron chi connectivity index (χ2n) is 22.7. The highest BCUT2D eigenvalue weighted by Crippen LogP contribution is 2.27. The fraction of sp³-hybridized carbons (Fsp3) is 0.887. The maximum Gasteiger partial charge on any atom is 0.243 e. The van der Waals surface area contributed by atoms with Gasteiger partial charge in [0.2, 0.25) is 41.4 Å². The van der Waals surface area contributed by atoms with Crippen LogP contribution in [0.4, 0.5) is 0 Å². The smallest absolute Gasteiger partial charge is 0.243 e. The Bertz CT molecular complexity index is 1550. The zero-order chi connectivity index (χ0) is 56.6. The fourth-order valence-electron chi connectivity index (χ4n) is 10.2. The van der Waals surface area contributed by atoms with Crippen molar-refractivity contribution in [3.05, 3.63) is 0 Å². The van der Waals surface area contributed by atoms with Crippen molar-refractivity contribution in [3.8, 4) is 0 Å². The molecule has 15 nitrogen and oxygen atoms in total. The van der Waals surface area contributed by atoms with Gasteiger partial charge in [-0.05, 0) is 38.0 Å². The fourth-order valence-corrected chi connectivity index (χ4v) is 10.2. The monoisotopic (exact) mass is 1090 g/mol. The van der Waals surface area contributed by atoms with E-state index < -0.39 is 24.0 Å². The molecule has 0 aromatic rings. The molecular formula is C62H116N6O9. The molecule has 1 aliphatic heterocycles. The van der Waals surface area contributed by atoms with Gasteiger partial charge in [0, 0.05) is 50.7 Å². The van der Waals surface area contributed by atoms with Crippen molar-refractivity contribution in [3.63, 3.8) is 0 Å². The van der Waals surface area contributed by atoms with Gasteiger partial charge >= 0.3 is 0 Å². The van der Waals surface area contributed by atoms with E-state index in [1.54, 1.807) is 0 Å². The summed E-state index contributed by atoms with van der Waals surface area (Å²) in [6.45, 7) is 12.4. The molecule has 15 heteroatoms. The quantitative estimate of drug-likeness (QED) is 0.0289. The number of imide groups is 1. The summed E-state index contributed by atoms with van der Waals surface area (Å²) in [7, 11) is 0. The normalized spacial score (nSPS) is 14.7. The SMILES string of the molecule is CCCCCCCCCCCCC(NC(=O)CCCCCN1C(=O)CC(C(C)C)C1=O)C(=O)NC(CCCCCCCCCCCC)C(=O)NC(CCCCCCCCCCC)CC(=O)NCCOCCOCCC(N)=O. The number of rotatable bonds is 55. The third kappa shape index (κ3) is 39.4. The standard InChI is InChI=1S/C62H116N6O9/c1-6-9-12-15-18-21-24-27-30-34-39-54(66-57(70)41-36-32-37-44-68-59(72)50-53(51(4)5)62(68)75)61(74)67-55(40-35-31-28-25-22-19-16-13-10-7-2)60(73)65-52(38-33-29-26-23-20-17-14-11-8-3)49-58(71)64-43-46-77-48-47-76-45-42-56(63)69/h51-55H,6-50H2,1-5H3,(H2,63,69)(H,64,71)(H,65,73)(H,66,70)(H,67,74). The molecule has 6 N–H and O–H groups in total. The third-order valence-electron chi connectivity index (χ3n) is 15.2. The van der Waals surface area contributed by atoms with Gasteiger partial charge in [-0.3, -0.25) is 38.5 Å². The van der Waals surface area contributed by atoms with E-state index in [1.165, 1.54) is 120 Å². The molecule has 0 aromatic carbocycles. The van der Waals surface area contributed by atoms with E-state index in [-0.39, 0.29) is 86.2 Å². The van der Waals surface area contributed by atoms with E-state index in [1.807, 2.05) is 13.8 Å². The van der Waals surface area contributed by atoms with E-state index >= 15 is 0 Å². The highest BCUT2D eigenvalue weighted by atomic mass is 16.5. The van der Waals surface area contributed by atoms with Crippen molar-refractivity contribution in [2.45, 2.75) is 303 Å². The molecule has 0 radical (unpaired) electrons. The Balaban J connectivity index is 3.14. The molecule has 0 saturated carbocycles. The molecule has 0 spiro atoms. The number of ether oxygens (including phenoxy) is 2. The van der Waals surface area contributed by atoms with Crippen LogP contribution in [-0.2, 0) is 43.0 Å². The number of unbranched alkanes of at least 4 members (excludes halogenated alkanes) is 28. The van der Waals surface area contributed by atoms with Gasteiger partial charge in [-0.2, -0.15) is 0 Å². The lowest BCUT2D eigenvalue weighted by Gasteiger charge is -2.26. The number of carbonyl (C=O) groups excluding carboxylic acids is 7. The van der Waals surface area contributed by atoms with Crippen LogP contribution < -0.4 is 27.0 Å². The van der Waals surface area contributed by atoms with Crippen LogP contribution in [0.3, 0.4) is 0 Å². The van der Waals surface area contributed by atoms with Crippen molar-refractivity contribution < 1.29 is 43.0 Å². The van der Waals surface area contributed by atoms with Crippen LogP contribution >= 0.6 is 0 Å². The summed E-state index contributed by atoms with van der Waals surface area (Å²) in [5.74, 6) is -1.88. The van der Waals surface area contributed by atoms with Gasteiger partial charge in [-0.25, -0.2) is 0 Å². The molecule has 0 aromatic heterocycles. The van der Waals surface area contributed by atoms with E-state index in [0.29, 0.717) is 64.8 Å². The van der Waals surface area contributed by atoms with Gasteiger partial charge in [-0.15, -0.1) is 0 Å². The lowest BCUT2D eigenvalue weighted by molar-refractivity contribution is -0.140. The van der Waals surface area contributed by atoms with E-state index in [4.69, 9.17) is 15.2 Å². The Labute approximate surface area is 469 Å². The van der Waals surface area contributed by atoms with Crippen molar-refractivity contribution in [1.29, 1.82) is 0 Å². The van der Waals surface area contributed by atoms with Gasteiger partial charge in [0.05, 0.1) is 26.4 Å². The second-order valence-corrected chi connectivity index (χ2v) is 22.7. The maximum atomic E-state index is 14.5. The number of carbonyl (C=O) groups is 7. The Hall–Kier alpha value is -3.59. The van der Waals surface area contributed by atoms with E-state index in [0.717, 1.165) is 70.6 Å². The molecule has 4 unspecified atom stereocenters. The molecule has 1 fully saturated rings. The molecule has 77 heavy (non-hydrogen) atoms. The zero-order valence-electron chi connectivity index (χ0n) is 49.9. The molecule has 1 heterocycles. The Kier molecular flexibility index (Phi) is 45.9. The topological polar surface area (TPSA) is 215 Å². The van der Waals surface area contributed by atoms with Crippen molar-refractivity contribution >= 4 is 41.4 Å². The van der Waals surface area contributed by atoms with Crippen LogP contribution in [0, 0.1) is 11.8 Å². The summed E-state index contributed by atoms with van der Waals surface area (Å²) in [5.41, 5.74) is 5.16. The Morgan fingerprint density at radius 1 is 0.506 bits per heavy atom. The van der Waals surface area contributed by atoms with Gasteiger partial charge < -0.3 is 36.5 Å². The van der Waals surface area contributed by atoms with Crippen molar-refractivity contribution in [2.75, 3.05) is 39.5 Å². The number of amides is 7. The van der Waals surface area contributed by atoms with Gasteiger partial charge in [0.15, 0.2) is 0 Å². The minimum absolute atomic E-state index is 0.0957. The largest absolute Gasteiger partial charge is 0.379 e. The van der Waals surface area contributed by atoms with Crippen LogP contribution in [0.15, 0.2) is 0 Å². The molecule has 1 saturated heterocycles. The van der Waals surface area contributed by atoms with Gasteiger partial charge in [-0.1, -0.05) is 227 Å². The van der Waals surface area contributed by atoms with Crippen molar-refractivity contribution in [1.82, 2.24) is 26.2 Å². The zero-order valence-corrected chi connectivity index (χ0v) is 49.9. The predicted molar refractivity (Wildman–Crippen MR) is 312 cm³/mol. The molecule has 0 bridgehead atoms. The van der Waals surface area contributed by atoms with Crippen LogP contribution in [0.2, 0.25) is 0 Å². The minimum atomic E-state index is -0.831. The molecular weight excluding hydrogens is 973 g/mol. The number of hydrogen-bond acceptors (Lipinski definition) is 9. The molecule has 7 amide bonds. The predicted octanol–water partition coefficient (Wildman–Crippen LogP) is 12.0. The molecule has 0 aliphatic carbocycles. The Morgan fingerprint density at radius 2 is 0.935 bits per heavy atom. The first-order valence-corrected chi connectivity index (χ1v) is 31.8. The number of primary amides is 1. The average Bonchev–Trinajstić information content (AvgIpc) is 3.69. The lowest BCUT2D eigenvalue weighted by atomic mass is 9.94. The number of nitrogens with two attached hydrogens (primary N) is 1. The first-order chi connectivity index (χ1) is 37.3. The summed E-state index contributed by atoms with van der Waals surface area (Å²) in [6.07, 6.45) is 37.3. The van der Waals surface area contributed by atoms with Crippen LogP contribution in [0.1, 0.15) is 285 Å². The third-order valence-corrected chi connectivity index (χ3v) is 15.2. The van der Waals surface area contributed by atoms with Crippen LogP contribution in [-0.4, -0.2) is 104 Å². The minimum Gasteiger partial charge on any atom is -0.379 e. The number of likely N-dealkylation sites (tertiary alicyclic amines) is 1. The summed E-state index contributed by atoms with van der Waals surface area (Å²) in [6, 6.07) is -2.07.